The highest BCUT2D eigenvalue weighted by atomic mass is 16.5. The SMILES string of the molecule is CC1CN(C(=O)CCCN2C(=O)NC3(CCCC3)C2=O)CC(C)O1. The van der Waals surface area contributed by atoms with Crippen LogP contribution in [0.25, 0.3) is 0 Å². The fourth-order valence-corrected chi connectivity index (χ4v) is 4.12. The lowest BCUT2D eigenvalue weighted by molar-refractivity contribution is -0.143. The monoisotopic (exact) mass is 337 g/mol. The molecule has 2 heterocycles. The third-order valence-electron chi connectivity index (χ3n) is 5.25. The number of ether oxygens (including phenoxy) is 1. The zero-order valence-corrected chi connectivity index (χ0v) is 14.5. The van der Waals surface area contributed by atoms with Crippen LogP contribution in [-0.2, 0) is 14.3 Å². The number of nitrogens with zero attached hydrogens (tertiary/aromatic N) is 2. The van der Waals surface area contributed by atoms with E-state index < -0.39 is 5.54 Å². The third-order valence-corrected chi connectivity index (χ3v) is 5.25. The van der Waals surface area contributed by atoms with Crippen LogP contribution >= 0.6 is 0 Å². The van der Waals surface area contributed by atoms with Gasteiger partial charge in [0.2, 0.25) is 5.91 Å². The Hall–Kier alpha value is -1.63. The lowest BCUT2D eigenvalue weighted by Crippen LogP contribution is -2.48. The molecule has 4 amide bonds. The molecular formula is C17H27N3O4. The summed E-state index contributed by atoms with van der Waals surface area (Å²) in [4.78, 5) is 40.1. The van der Waals surface area contributed by atoms with E-state index in [0.717, 1.165) is 25.7 Å². The number of carbonyl (C=O) groups excluding carboxylic acids is 3. The van der Waals surface area contributed by atoms with Gasteiger partial charge in [0.1, 0.15) is 5.54 Å². The van der Waals surface area contributed by atoms with E-state index in [-0.39, 0.29) is 30.1 Å². The summed E-state index contributed by atoms with van der Waals surface area (Å²) in [5, 5.41) is 2.87. The maximum atomic E-state index is 12.5. The van der Waals surface area contributed by atoms with Gasteiger partial charge in [-0.05, 0) is 33.1 Å². The number of amides is 4. The fourth-order valence-electron chi connectivity index (χ4n) is 4.12. The molecule has 1 spiro atoms. The minimum atomic E-state index is -0.657. The van der Waals surface area contributed by atoms with E-state index in [9.17, 15) is 14.4 Å². The van der Waals surface area contributed by atoms with Gasteiger partial charge < -0.3 is 15.0 Å². The second kappa shape index (κ2) is 6.70. The van der Waals surface area contributed by atoms with Crippen molar-refractivity contribution in [3.05, 3.63) is 0 Å². The number of morpholine rings is 1. The largest absolute Gasteiger partial charge is 0.372 e. The highest BCUT2D eigenvalue weighted by Crippen LogP contribution is 2.35. The highest BCUT2D eigenvalue weighted by molar-refractivity contribution is 6.07. The molecule has 1 N–H and O–H groups in total. The van der Waals surface area contributed by atoms with Crippen molar-refractivity contribution in [2.24, 2.45) is 0 Å². The van der Waals surface area contributed by atoms with Gasteiger partial charge in [0, 0.05) is 26.1 Å². The molecule has 24 heavy (non-hydrogen) atoms. The van der Waals surface area contributed by atoms with E-state index in [2.05, 4.69) is 5.32 Å². The van der Waals surface area contributed by atoms with E-state index in [1.165, 1.54) is 4.90 Å². The van der Waals surface area contributed by atoms with Gasteiger partial charge in [-0.2, -0.15) is 0 Å². The molecular weight excluding hydrogens is 310 g/mol. The van der Waals surface area contributed by atoms with Crippen LogP contribution in [0.3, 0.4) is 0 Å². The first-order valence-corrected chi connectivity index (χ1v) is 8.99. The minimum Gasteiger partial charge on any atom is -0.372 e. The zero-order chi connectivity index (χ0) is 17.3. The molecule has 0 aromatic rings. The van der Waals surface area contributed by atoms with Gasteiger partial charge in [-0.1, -0.05) is 12.8 Å². The smallest absolute Gasteiger partial charge is 0.325 e. The summed E-state index contributed by atoms with van der Waals surface area (Å²) in [6.45, 7) is 5.45. The second-order valence-electron chi connectivity index (χ2n) is 7.34. The van der Waals surface area contributed by atoms with Crippen molar-refractivity contribution in [3.63, 3.8) is 0 Å². The van der Waals surface area contributed by atoms with Crippen molar-refractivity contribution >= 4 is 17.8 Å². The number of imide groups is 1. The first-order valence-electron chi connectivity index (χ1n) is 8.99. The van der Waals surface area contributed by atoms with E-state index in [1.807, 2.05) is 18.7 Å². The quantitative estimate of drug-likeness (QED) is 0.784. The van der Waals surface area contributed by atoms with Gasteiger partial charge in [0.15, 0.2) is 0 Å². The average Bonchev–Trinajstić information content (AvgIpc) is 3.07. The van der Waals surface area contributed by atoms with Crippen molar-refractivity contribution in [1.29, 1.82) is 0 Å². The molecule has 2 aliphatic heterocycles. The van der Waals surface area contributed by atoms with Crippen molar-refractivity contribution in [1.82, 2.24) is 15.1 Å². The van der Waals surface area contributed by atoms with Gasteiger partial charge in [0.05, 0.1) is 12.2 Å². The molecule has 7 heteroatoms. The molecule has 1 aliphatic carbocycles. The Morgan fingerprint density at radius 1 is 1.21 bits per heavy atom. The second-order valence-corrected chi connectivity index (χ2v) is 7.34. The Kier molecular flexibility index (Phi) is 4.80. The van der Waals surface area contributed by atoms with Crippen molar-refractivity contribution < 1.29 is 19.1 Å². The normalized spacial score (nSPS) is 29.4. The lowest BCUT2D eigenvalue weighted by Gasteiger charge is -2.35. The summed E-state index contributed by atoms with van der Waals surface area (Å²) in [7, 11) is 0. The molecule has 0 aromatic carbocycles. The Balaban J connectivity index is 1.48. The number of rotatable bonds is 4. The van der Waals surface area contributed by atoms with E-state index in [1.54, 1.807) is 0 Å². The van der Waals surface area contributed by atoms with Crippen LogP contribution in [0, 0.1) is 0 Å². The number of hydrogen-bond donors (Lipinski definition) is 1. The summed E-state index contributed by atoms with van der Waals surface area (Å²) in [6, 6.07) is -0.303. The highest BCUT2D eigenvalue weighted by Gasteiger charge is 2.52. The summed E-state index contributed by atoms with van der Waals surface area (Å²) in [6.07, 6.45) is 4.37. The molecule has 3 rings (SSSR count). The molecule has 3 fully saturated rings. The summed E-state index contributed by atoms with van der Waals surface area (Å²) in [5.74, 6) is -0.0364. The van der Waals surface area contributed by atoms with Crippen LogP contribution in [0.1, 0.15) is 52.4 Å². The summed E-state index contributed by atoms with van der Waals surface area (Å²) >= 11 is 0. The molecule has 2 atom stereocenters. The number of carbonyl (C=O) groups is 3. The van der Waals surface area contributed by atoms with Crippen molar-refractivity contribution in [2.45, 2.75) is 70.1 Å². The lowest BCUT2D eigenvalue weighted by atomic mass is 9.98. The molecule has 0 radical (unpaired) electrons. The van der Waals surface area contributed by atoms with E-state index in [4.69, 9.17) is 4.74 Å². The molecule has 3 aliphatic rings. The first-order chi connectivity index (χ1) is 11.4. The Morgan fingerprint density at radius 3 is 2.46 bits per heavy atom. The van der Waals surface area contributed by atoms with Gasteiger partial charge in [-0.25, -0.2) is 4.79 Å². The van der Waals surface area contributed by atoms with Crippen molar-refractivity contribution in [2.75, 3.05) is 19.6 Å². The predicted octanol–water partition coefficient (Wildman–Crippen LogP) is 1.27. The fraction of sp³-hybridized carbons (Fsp3) is 0.824. The molecule has 0 aromatic heterocycles. The van der Waals surface area contributed by atoms with Gasteiger partial charge in [0.25, 0.3) is 5.91 Å². The van der Waals surface area contributed by atoms with Crippen LogP contribution < -0.4 is 5.32 Å². The molecule has 2 saturated heterocycles. The first kappa shape index (κ1) is 17.2. The van der Waals surface area contributed by atoms with Crippen LogP contribution in [0.15, 0.2) is 0 Å². The maximum Gasteiger partial charge on any atom is 0.325 e. The Bertz CT molecular complexity index is 520. The Labute approximate surface area is 142 Å². The predicted molar refractivity (Wildman–Crippen MR) is 87.3 cm³/mol. The van der Waals surface area contributed by atoms with Crippen molar-refractivity contribution in [3.8, 4) is 0 Å². The standard InChI is InChI=1S/C17H27N3O4/c1-12-10-19(11-13(2)24-12)14(21)6-5-9-20-15(22)17(18-16(20)23)7-3-4-8-17/h12-13H,3-11H2,1-2H3,(H,18,23). The Morgan fingerprint density at radius 2 is 1.83 bits per heavy atom. The number of nitrogens with one attached hydrogen (secondary N) is 1. The van der Waals surface area contributed by atoms with Crippen LogP contribution in [0.4, 0.5) is 4.79 Å². The molecule has 0 bridgehead atoms. The summed E-state index contributed by atoms with van der Waals surface area (Å²) < 4.78 is 5.63. The molecule has 134 valence electrons. The summed E-state index contributed by atoms with van der Waals surface area (Å²) in [5.41, 5.74) is -0.657. The number of hydrogen-bond acceptors (Lipinski definition) is 4. The minimum absolute atomic E-state index is 0.0471. The van der Waals surface area contributed by atoms with E-state index >= 15 is 0 Å². The topological polar surface area (TPSA) is 79.0 Å². The van der Waals surface area contributed by atoms with Gasteiger partial charge in [-0.15, -0.1) is 0 Å². The van der Waals surface area contributed by atoms with E-state index in [0.29, 0.717) is 32.5 Å². The third kappa shape index (κ3) is 3.27. The molecule has 7 nitrogen and oxygen atoms in total. The molecule has 1 saturated carbocycles. The average molecular weight is 337 g/mol. The number of urea groups is 1. The maximum absolute atomic E-state index is 12.5. The van der Waals surface area contributed by atoms with Crippen LogP contribution in [0.2, 0.25) is 0 Å². The zero-order valence-electron chi connectivity index (χ0n) is 14.5. The van der Waals surface area contributed by atoms with Gasteiger partial charge >= 0.3 is 6.03 Å². The molecule has 2 unspecified atom stereocenters. The van der Waals surface area contributed by atoms with Gasteiger partial charge in [-0.3, -0.25) is 14.5 Å². The van der Waals surface area contributed by atoms with Crippen LogP contribution in [-0.4, -0.2) is 65.0 Å². The van der Waals surface area contributed by atoms with Crippen LogP contribution in [0.5, 0.6) is 0 Å².